The van der Waals surface area contributed by atoms with E-state index < -0.39 is 0 Å². The molecule has 2 aliphatic carbocycles. The first-order chi connectivity index (χ1) is 27.5. The molecule has 10 rings (SSSR count). The predicted octanol–water partition coefficient (Wildman–Crippen LogP) is 15.0. The zero-order valence-corrected chi connectivity index (χ0v) is 31.9. The molecule has 268 valence electrons. The third-order valence-electron chi connectivity index (χ3n) is 12.0. The number of rotatable bonds is 7. The molecular formula is C55H43N. The molecule has 0 amide bonds. The zero-order valence-electron chi connectivity index (χ0n) is 31.9. The molecule has 0 atom stereocenters. The van der Waals surface area contributed by atoms with E-state index in [4.69, 9.17) is 0 Å². The summed E-state index contributed by atoms with van der Waals surface area (Å²) >= 11 is 0. The summed E-state index contributed by atoms with van der Waals surface area (Å²) in [6.45, 7) is 4.71. The van der Waals surface area contributed by atoms with Crippen LogP contribution in [0, 0.1) is 0 Å². The lowest BCUT2D eigenvalue weighted by Crippen LogP contribution is -2.19. The number of benzene rings is 8. The quantitative estimate of drug-likeness (QED) is 0.159. The highest BCUT2D eigenvalue weighted by Gasteiger charge is 2.35. The number of hydrogen-bond donors (Lipinski definition) is 0. The van der Waals surface area contributed by atoms with Crippen LogP contribution in [0.4, 0.5) is 11.4 Å². The molecule has 56 heavy (non-hydrogen) atoms. The summed E-state index contributed by atoms with van der Waals surface area (Å²) in [5.41, 5.74) is 19.0. The van der Waals surface area contributed by atoms with Gasteiger partial charge in [-0.25, -0.2) is 0 Å². The molecule has 8 aromatic rings. The fourth-order valence-electron chi connectivity index (χ4n) is 9.06. The summed E-state index contributed by atoms with van der Waals surface area (Å²) in [6.07, 6.45) is 6.59. The summed E-state index contributed by atoms with van der Waals surface area (Å²) in [4.78, 5) is 2.48. The predicted molar refractivity (Wildman–Crippen MR) is 238 cm³/mol. The van der Waals surface area contributed by atoms with E-state index in [-0.39, 0.29) is 5.41 Å². The maximum Gasteiger partial charge on any atom is 0.0459 e. The molecule has 0 bridgehead atoms. The maximum atomic E-state index is 2.48. The Labute approximate surface area is 330 Å². The van der Waals surface area contributed by atoms with E-state index in [0.29, 0.717) is 0 Å². The summed E-state index contributed by atoms with van der Waals surface area (Å²) in [7, 11) is 0. The molecule has 0 unspecified atom stereocenters. The second-order valence-electron chi connectivity index (χ2n) is 15.6. The molecule has 1 heteroatoms. The highest BCUT2D eigenvalue weighted by molar-refractivity contribution is 5.97. The van der Waals surface area contributed by atoms with Crippen molar-refractivity contribution in [2.24, 2.45) is 0 Å². The number of allylic oxidation sites excluding steroid dienone is 4. The van der Waals surface area contributed by atoms with E-state index in [0.717, 1.165) is 24.2 Å². The highest BCUT2D eigenvalue weighted by atomic mass is 15.1. The Bertz CT molecular complexity index is 2790. The van der Waals surface area contributed by atoms with Crippen LogP contribution in [0.5, 0.6) is 0 Å². The van der Waals surface area contributed by atoms with Crippen LogP contribution in [0.25, 0.3) is 60.9 Å². The van der Waals surface area contributed by atoms with Crippen molar-refractivity contribution in [1.29, 1.82) is 0 Å². The van der Waals surface area contributed by atoms with Gasteiger partial charge in [-0.2, -0.15) is 0 Å². The van der Waals surface area contributed by atoms with Crippen LogP contribution in [-0.4, -0.2) is 0 Å². The van der Waals surface area contributed by atoms with Gasteiger partial charge in [-0.05, 0) is 121 Å². The van der Waals surface area contributed by atoms with E-state index in [1.54, 1.807) is 0 Å². The summed E-state index contributed by atoms with van der Waals surface area (Å²) in [5.74, 6) is 0. The van der Waals surface area contributed by atoms with Gasteiger partial charge in [0.1, 0.15) is 0 Å². The van der Waals surface area contributed by atoms with Gasteiger partial charge in [0.05, 0.1) is 0 Å². The SMILES string of the molecule is CC1(C)c2ccccc2-c2ccc(-c3ccc(N(C4=C(c5ccccc5)C=CCC4)c4ccc(-c5cccc(-c6cccc7ccccc67)c5)cc4)cc3)cc21. The number of anilines is 2. The molecule has 0 aromatic heterocycles. The average Bonchev–Trinajstić information content (AvgIpc) is 3.50. The zero-order chi connectivity index (χ0) is 37.6. The van der Waals surface area contributed by atoms with Crippen LogP contribution in [0.1, 0.15) is 43.4 Å². The van der Waals surface area contributed by atoms with Crippen molar-refractivity contribution >= 4 is 27.7 Å². The van der Waals surface area contributed by atoms with Crippen molar-refractivity contribution in [2.45, 2.75) is 32.1 Å². The van der Waals surface area contributed by atoms with Crippen LogP contribution in [0.15, 0.2) is 206 Å². The van der Waals surface area contributed by atoms with Crippen LogP contribution in [0.3, 0.4) is 0 Å². The smallest absolute Gasteiger partial charge is 0.0459 e. The molecule has 2 aliphatic rings. The normalized spacial score (nSPS) is 14.1. The van der Waals surface area contributed by atoms with Gasteiger partial charge in [0.2, 0.25) is 0 Å². The van der Waals surface area contributed by atoms with Gasteiger partial charge >= 0.3 is 0 Å². The van der Waals surface area contributed by atoms with E-state index in [9.17, 15) is 0 Å². The van der Waals surface area contributed by atoms with Gasteiger partial charge in [-0.15, -0.1) is 0 Å². The Morgan fingerprint density at radius 1 is 0.429 bits per heavy atom. The van der Waals surface area contributed by atoms with E-state index in [1.807, 2.05) is 0 Å². The molecule has 0 heterocycles. The van der Waals surface area contributed by atoms with E-state index >= 15 is 0 Å². The number of fused-ring (bicyclic) bond motifs is 4. The Morgan fingerprint density at radius 3 is 1.79 bits per heavy atom. The lowest BCUT2D eigenvalue weighted by molar-refractivity contribution is 0.660. The van der Waals surface area contributed by atoms with Crippen LogP contribution >= 0.6 is 0 Å². The minimum atomic E-state index is -0.0309. The maximum absolute atomic E-state index is 2.48. The van der Waals surface area contributed by atoms with Crippen molar-refractivity contribution < 1.29 is 0 Å². The molecule has 0 radical (unpaired) electrons. The van der Waals surface area contributed by atoms with Crippen molar-refractivity contribution in [3.05, 3.63) is 223 Å². The number of nitrogens with zero attached hydrogens (tertiary/aromatic N) is 1. The Balaban J connectivity index is 1.03. The molecule has 8 aromatic carbocycles. The van der Waals surface area contributed by atoms with Gasteiger partial charge < -0.3 is 4.90 Å². The molecule has 1 nitrogen and oxygen atoms in total. The minimum Gasteiger partial charge on any atom is -0.314 e. The average molecular weight is 718 g/mol. The largest absolute Gasteiger partial charge is 0.314 e. The van der Waals surface area contributed by atoms with Crippen molar-refractivity contribution in [3.8, 4) is 44.5 Å². The number of hydrogen-bond acceptors (Lipinski definition) is 1. The molecule has 0 saturated carbocycles. The van der Waals surface area contributed by atoms with Gasteiger partial charge in [0.15, 0.2) is 0 Å². The third kappa shape index (κ3) is 5.88. The van der Waals surface area contributed by atoms with Crippen LogP contribution in [0.2, 0.25) is 0 Å². The van der Waals surface area contributed by atoms with Gasteiger partial charge in [-0.1, -0.05) is 178 Å². The summed E-state index contributed by atoms with van der Waals surface area (Å²) < 4.78 is 0. The Kier molecular flexibility index (Phi) is 8.37. The van der Waals surface area contributed by atoms with Crippen molar-refractivity contribution in [3.63, 3.8) is 0 Å². The van der Waals surface area contributed by atoms with Gasteiger partial charge in [-0.3, -0.25) is 0 Å². The monoisotopic (exact) mass is 717 g/mol. The van der Waals surface area contributed by atoms with Gasteiger partial charge in [0.25, 0.3) is 0 Å². The fourth-order valence-corrected chi connectivity index (χ4v) is 9.06. The molecule has 0 saturated heterocycles. The highest BCUT2D eigenvalue weighted by Crippen LogP contribution is 2.50. The van der Waals surface area contributed by atoms with Crippen molar-refractivity contribution in [2.75, 3.05) is 4.90 Å². The molecule has 0 fully saturated rings. The molecule has 0 spiro atoms. The minimum absolute atomic E-state index is 0.0309. The van der Waals surface area contributed by atoms with Crippen LogP contribution in [-0.2, 0) is 5.41 Å². The van der Waals surface area contributed by atoms with E-state index in [1.165, 1.54) is 83.2 Å². The van der Waals surface area contributed by atoms with Crippen LogP contribution < -0.4 is 4.90 Å². The van der Waals surface area contributed by atoms with Crippen molar-refractivity contribution in [1.82, 2.24) is 0 Å². The second-order valence-corrected chi connectivity index (χ2v) is 15.6. The fraction of sp³-hybridized carbons (Fsp3) is 0.0909. The lowest BCUT2D eigenvalue weighted by Gasteiger charge is -2.32. The Hall–Kier alpha value is -6.70. The third-order valence-corrected chi connectivity index (χ3v) is 12.0. The topological polar surface area (TPSA) is 3.24 Å². The first kappa shape index (κ1) is 33.8. The van der Waals surface area contributed by atoms with E-state index in [2.05, 4.69) is 219 Å². The first-order valence-corrected chi connectivity index (χ1v) is 19.8. The molecule has 0 aliphatic heterocycles. The molecular weight excluding hydrogens is 675 g/mol. The second kappa shape index (κ2) is 13.9. The standard InChI is InChI=1S/C55H43N/c1-55(2)52-24-10-8-22-50(52)51-35-30-43(37-53(51)55)39-28-33-46(34-29-39)56(54-25-11-9-21-49(54)41-14-4-3-5-15-41)45-31-26-38(27-32-45)42-18-12-19-44(36-42)48-23-13-17-40-16-6-7-20-47(40)48/h3-10,12-24,26-37H,11,25H2,1-2H3. The Morgan fingerprint density at radius 2 is 1.00 bits per heavy atom. The first-order valence-electron chi connectivity index (χ1n) is 19.8. The molecule has 0 N–H and O–H groups in total. The summed E-state index contributed by atoms with van der Waals surface area (Å²) in [6, 6.07) is 69.3. The van der Waals surface area contributed by atoms with Gasteiger partial charge in [0, 0.05) is 28.1 Å². The lowest BCUT2D eigenvalue weighted by atomic mass is 9.81. The summed E-state index contributed by atoms with van der Waals surface area (Å²) in [5, 5.41) is 2.54.